The molecule has 14 heavy (non-hydrogen) atoms. The summed E-state index contributed by atoms with van der Waals surface area (Å²) in [6, 6.07) is 0.771. The number of carboxylic acids is 1. The lowest BCUT2D eigenvalue weighted by atomic mass is 9.77. The molecule has 3 fully saturated rings. The molecular weight excluding hydrogens is 178 g/mol. The summed E-state index contributed by atoms with van der Waals surface area (Å²) in [5, 5.41) is 8.63. The first-order chi connectivity index (χ1) is 6.75. The van der Waals surface area contributed by atoms with Crippen LogP contribution in [0.3, 0.4) is 0 Å². The number of fused-ring (bicyclic) bond motifs is 5. The first-order valence-corrected chi connectivity index (χ1v) is 5.71. The van der Waals surface area contributed by atoms with Crippen LogP contribution in [0, 0.1) is 17.8 Å². The molecule has 1 aliphatic heterocycles. The van der Waals surface area contributed by atoms with E-state index in [-0.39, 0.29) is 0 Å². The molecule has 1 saturated heterocycles. The van der Waals surface area contributed by atoms with Gasteiger partial charge in [-0.25, -0.2) is 0 Å². The van der Waals surface area contributed by atoms with E-state index in [0.717, 1.165) is 30.3 Å². The highest BCUT2D eigenvalue weighted by molar-refractivity contribution is 5.66. The standard InChI is InChI=1S/C11H17NO2/c13-10(14)3-4-12-6-9-7-1-2-8(5-7)11(9)12/h7-9,11H,1-6H2,(H,13,14). The normalized spacial score (nSPS) is 44.9. The molecule has 1 N–H and O–H groups in total. The van der Waals surface area contributed by atoms with Gasteiger partial charge in [0.25, 0.3) is 0 Å². The summed E-state index contributed by atoms with van der Waals surface area (Å²) in [4.78, 5) is 12.9. The van der Waals surface area contributed by atoms with Crippen molar-refractivity contribution in [3.05, 3.63) is 0 Å². The summed E-state index contributed by atoms with van der Waals surface area (Å²) < 4.78 is 0. The predicted octanol–water partition coefficient (Wildman–Crippen LogP) is 1.19. The van der Waals surface area contributed by atoms with Crippen molar-refractivity contribution in [2.75, 3.05) is 13.1 Å². The van der Waals surface area contributed by atoms with Crippen LogP contribution < -0.4 is 0 Å². The second-order valence-corrected chi connectivity index (χ2v) is 5.13. The minimum atomic E-state index is -0.656. The van der Waals surface area contributed by atoms with Crippen molar-refractivity contribution in [3.8, 4) is 0 Å². The summed E-state index contributed by atoms with van der Waals surface area (Å²) in [5.74, 6) is 2.18. The lowest BCUT2D eigenvalue weighted by molar-refractivity contribution is -0.138. The van der Waals surface area contributed by atoms with E-state index >= 15 is 0 Å². The van der Waals surface area contributed by atoms with Gasteiger partial charge < -0.3 is 5.11 Å². The molecule has 4 unspecified atom stereocenters. The lowest BCUT2D eigenvalue weighted by Gasteiger charge is -2.50. The summed E-state index contributed by atoms with van der Waals surface area (Å²) in [6.07, 6.45) is 4.59. The fourth-order valence-corrected chi connectivity index (χ4v) is 3.94. The zero-order valence-corrected chi connectivity index (χ0v) is 8.35. The van der Waals surface area contributed by atoms with Crippen LogP contribution in [0.25, 0.3) is 0 Å². The number of aliphatic carboxylic acids is 1. The molecule has 3 heteroatoms. The number of hydrogen-bond donors (Lipinski definition) is 1. The third-order valence-corrected chi connectivity index (χ3v) is 4.52. The van der Waals surface area contributed by atoms with Gasteiger partial charge in [0.1, 0.15) is 0 Å². The van der Waals surface area contributed by atoms with Crippen LogP contribution in [0.5, 0.6) is 0 Å². The van der Waals surface area contributed by atoms with E-state index in [0.29, 0.717) is 6.42 Å². The SMILES string of the molecule is O=C(O)CCN1CC2C3CCC(C3)C21. The maximum atomic E-state index is 10.5. The average Bonchev–Trinajstić information content (AvgIpc) is 2.59. The van der Waals surface area contributed by atoms with E-state index in [9.17, 15) is 4.79 Å². The summed E-state index contributed by atoms with van der Waals surface area (Å²) >= 11 is 0. The van der Waals surface area contributed by atoms with Crippen LogP contribution in [0.1, 0.15) is 25.7 Å². The average molecular weight is 195 g/mol. The Labute approximate surface area is 84.1 Å². The molecule has 0 amide bonds. The molecule has 2 bridgehead atoms. The zero-order chi connectivity index (χ0) is 9.71. The number of carbonyl (C=O) groups is 1. The molecular formula is C11H17NO2. The number of nitrogens with zero attached hydrogens (tertiary/aromatic N) is 1. The van der Waals surface area contributed by atoms with Gasteiger partial charge >= 0.3 is 5.97 Å². The minimum absolute atomic E-state index is 0.320. The third-order valence-electron chi connectivity index (χ3n) is 4.52. The molecule has 4 atom stereocenters. The first kappa shape index (κ1) is 8.72. The largest absolute Gasteiger partial charge is 0.481 e. The minimum Gasteiger partial charge on any atom is -0.481 e. The van der Waals surface area contributed by atoms with Gasteiger partial charge in [-0.2, -0.15) is 0 Å². The van der Waals surface area contributed by atoms with Gasteiger partial charge in [0.15, 0.2) is 0 Å². The number of likely N-dealkylation sites (tertiary alicyclic amines) is 1. The number of rotatable bonds is 3. The molecule has 0 spiro atoms. The lowest BCUT2D eigenvalue weighted by Crippen LogP contribution is -2.59. The molecule has 0 radical (unpaired) electrons. The highest BCUT2D eigenvalue weighted by atomic mass is 16.4. The number of hydrogen-bond acceptors (Lipinski definition) is 2. The van der Waals surface area contributed by atoms with Crippen molar-refractivity contribution in [1.29, 1.82) is 0 Å². The molecule has 2 saturated carbocycles. The summed E-state index contributed by atoms with van der Waals surface area (Å²) in [6.45, 7) is 1.96. The summed E-state index contributed by atoms with van der Waals surface area (Å²) in [5.41, 5.74) is 0. The van der Waals surface area contributed by atoms with Crippen molar-refractivity contribution in [2.45, 2.75) is 31.7 Å². The maximum Gasteiger partial charge on any atom is 0.304 e. The molecule has 1 heterocycles. The van der Waals surface area contributed by atoms with Crippen molar-refractivity contribution in [2.24, 2.45) is 17.8 Å². The van der Waals surface area contributed by atoms with Crippen LogP contribution in [0.2, 0.25) is 0 Å². The monoisotopic (exact) mass is 195 g/mol. The Morgan fingerprint density at radius 1 is 1.36 bits per heavy atom. The molecule has 0 aromatic heterocycles. The zero-order valence-electron chi connectivity index (χ0n) is 8.35. The van der Waals surface area contributed by atoms with Crippen LogP contribution in [0.4, 0.5) is 0 Å². The van der Waals surface area contributed by atoms with Gasteiger partial charge in [0.05, 0.1) is 6.42 Å². The summed E-state index contributed by atoms with van der Waals surface area (Å²) in [7, 11) is 0. The molecule has 0 aromatic rings. The van der Waals surface area contributed by atoms with E-state index in [1.807, 2.05) is 0 Å². The van der Waals surface area contributed by atoms with Crippen molar-refractivity contribution < 1.29 is 9.90 Å². The van der Waals surface area contributed by atoms with Crippen LogP contribution in [-0.2, 0) is 4.79 Å². The van der Waals surface area contributed by atoms with Crippen LogP contribution in [0.15, 0.2) is 0 Å². The van der Waals surface area contributed by atoms with Crippen molar-refractivity contribution in [1.82, 2.24) is 4.90 Å². The Balaban J connectivity index is 1.58. The Morgan fingerprint density at radius 3 is 2.86 bits per heavy atom. The smallest absolute Gasteiger partial charge is 0.304 e. The third kappa shape index (κ3) is 1.11. The Hall–Kier alpha value is -0.570. The van der Waals surface area contributed by atoms with Gasteiger partial charge in [0.2, 0.25) is 0 Å². The fraction of sp³-hybridized carbons (Fsp3) is 0.909. The van der Waals surface area contributed by atoms with E-state index in [1.165, 1.54) is 25.8 Å². The fourth-order valence-electron chi connectivity index (χ4n) is 3.94. The van der Waals surface area contributed by atoms with E-state index in [4.69, 9.17) is 5.11 Å². The highest BCUT2D eigenvalue weighted by Crippen LogP contribution is 2.55. The number of carboxylic acid groups (broad SMARTS) is 1. The highest BCUT2D eigenvalue weighted by Gasteiger charge is 2.55. The van der Waals surface area contributed by atoms with Gasteiger partial charge in [0, 0.05) is 19.1 Å². The molecule has 3 aliphatic rings. The maximum absolute atomic E-state index is 10.5. The quantitative estimate of drug-likeness (QED) is 0.735. The topological polar surface area (TPSA) is 40.5 Å². The molecule has 2 aliphatic carbocycles. The van der Waals surface area contributed by atoms with Gasteiger partial charge in [-0.3, -0.25) is 9.69 Å². The van der Waals surface area contributed by atoms with E-state index in [2.05, 4.69) is 4.90 Å². The van der Waals surface area contributed by atoms with Gasteiger partial charge in [-0.15, -0.1) is 0 Å². The van der Waals surface area contributed by atoms with Crippen molar-refractivity contribution >= 4 is 5.97 Å². The van der Waals surface area contributed by atoms with Crippen molar-refractivity contribution in [3.63, 3.8) is 0 Å². The van der Waals surface area contributed by atoms with E-state index < -0.39 is 5.97 Å². The molecule has 3 rings (SSSR count). The Morgan fingerprint density at radius 2 is 2.14 bits per heavy atom. The van der Waals surface area contributed by atoms with Crippen LogP contribution >= 0.6 is 0 Å². The van der Waals surface area contributed by atoms with E-state index in [1.54, 1.807) is 0 Å². The second-order valence-electron chi connectivity index (χ2n) is 5.13. The molecule has 0 aromatic carbocycles. The van der Waals surface area contributed by atoms with Gasteiger partial charge in [-0.1, -0.05) is 0 Å². The Kier molecular flexibility index (Phi) is 1.84. The predicted molar refractivity (Wildman–Crippen MR) is 51.9 cm³/mol. The molecule has 3 nitrogen and oxygen atoms in total. The van der Waals surface area contributed by atoms with Gasteiger partial charge in [-0.05, 0) is 37.0 Å². The second kappa shape index (κ2) is 2.96. The first-order valence-electron chi connectivity index (χ1n) is 5.71. The van der Waals surface area contributed by atoms with Crippen LogP contribution in [-0.4, -0.2) is 35.1 Å². The Bertz CT molecular complexity index is 264. The molecule has 78 valence electrons.